The quantitative estimate of drug-likeness (QED) is 0.706. The van der Waals surface area contributed by atoms with Crippen LogP contribution in [0.25, 0.3) is 0 Å². The third-order valence-corrected chi connectivity index (χ3v) is 4.22. The van der Waals surface area contributed by atoms with Gasteiger partial charge in [0.1, 0.15) is 12.4 Å². The predicted molar refractivity (Wildman–Crippen MR) is 90.8 cm³/mol. The van der Waals surface area contributed by atoms with E-state index in [0.717, 1.165) is 31.4 Å². The summed E-state index contributed by atoms with van der Waals surface area (Å²) in [7, 11) is 0. The number of benzene rings is 1. The Bertz CT molecular complexity index is 497. The maximum atomic E-state index is 11.8. The van der Waals surface area contributed by atoms with E-state index in [9.17, 15) is 9.90 Å². The molecule has 0 unspecified atom stereocenters. The Kier molecular flexibility index (Phi) is 6.71. The van der Waals surface area contributed by atoms with Crippen LogP contribution in [0, 0.1) is 0 Å². The van der Waals surface area contributed by atoms with Crippen molar-refractivity contribution in [3.63, 3.8) is 0 Å². The van der Waals surface area contributed by atoms with Crippen molar-refractivity contribution in [1.82, 2.24) is 10.6 Å². The van der Waals surface area contributed by atoms with Gasteiger partial charge in [-0.2, -0.15) is 0 Å². The van der Waals surface area contributed by atoms with Crippen molar-refractivity contribution in [3.8, 4) is 5.75 Å². The largest absolute Gasteiger partial charge is 0.491 e. The Morgan fingerprint density at radius 3 is 2.65 bits per heavy atom. The molecule has 1 saturated carbocycles. The molecule has 0 atom stereocenters. The Hall–Kier alpha value is -1.75. The van der Waals surface area contributed by atoms with Gasteiger partial charge >= 0.3 is 6.03 Å². The summed E-state index contributed by atoms with van der Waals surface area (Å²) in [6.45, 7) is 5.18. The molecule has 1 aliphatic rings. The monoisotopic (exact) mass is 320 g/mol. The molecule has 0 bridgehead atoms. The lowest BCUT2D eigenvalue weighted by molar-refractivity contribution is 0.117. The number of carbonyl (C=O) groups excluding carboxylic acids is 1. The number of rotatable bonds is 6. The summed E-state index contributed by atoms with van der Waals surface area (Å²) in [5.74, 6) is 1.29. The number of hydrogen-bond acceptors (Lipinski definition) is 3. The molecule has 0 radical (unpaired) electrons. The fourth-order valence-corrected chi connectivity index (χ4v) is 2.87. The number of nitrogens with one attached hydrogen (secondary N) is 2. The van der Waals surface area contributed by atoms with E-state index >= 15 is 0 Å². The van der Waals surface area contributed by atoms with Crippen LogP contribution in [0.15, 0.2) is 24.3 Å². The Balaban J connectivity index is 1.66. The SMILES string of the molecule is CC(C)c1ccccc1OCCNC(=O)NC1CCC(O)CC1. The van der Waals surface area contributed by atoms with Gasteiger partial charge in [-0.05, 0) is 43.2 Å². The van der Waals surface area contributed by atoms with E-state index in [0.29, 0.717) is 19.1 Å². The third-order valence-electron chi connectivity index (χ3n) is 4.22. The summed E-state index contributed by atoms with van der Waals surface area (Å²) in [6, 6.07) is 8.00. The van der Waals surface area contributed by atoms with Crippen LogP contribution in [0.3, 0.4) is 0 Å². The van der Waals surface area contributed by atoms with Gasteiger partial charge in [0.25, 0.3) is 0 Å². The van der Waals surface area contributed by atoms with Crippen molar-refractivity contribution in [2.24, 2.45) is 0 Å². The summed E-state index contributed by atoms with van der Waals surface area (Å²) in [6.07, 6.45) is 3.00. The fourth-order valence-electron chi connectivity index (χ4n) is 2.87. The molecule has 0 aromatic heterocycles. The van der Waals surface area contributed by atoms with Crippen molar-refractivity contribution in [2.75, 3.05) is 13.2 Å². The molecule has 128 valence electrons. The van der Waals surface area contributed by atoms with Crippen LogP contribution >= 0.6 is 0 Å². The van der Waals surface area contributed by atoms with Gasteiger partial charge in [-0.25, -0.2) is 4.79 Å². The predicted octanol–water partition coefficient (Wildman–Crippen LogP) is 2.79. The molecular weight excluding hydrogens is 292 g/mol. The number of ether oxygens (including phenoxy) is 1. The zero-order valence-electron chi connectivity index (χ0n) is 14.0. The van der Waals surface area contributed by atoms with Crippen LogP contribution in [0.4, 0.5) is 4.79 Å². The summed E-state index contributed by atoms with van der Waals surface area (Å²) in [5, 5.41) is 15.2. The van der Waals surface area contributed by atoms with Crippen molar-refractivity contribution in [2.45, 2.75) is 57.6 Å². The summed E-state index contributed by atoms with van der Waals surface area (Å²) in [4.78, 5) is 11.8. The first-order chi connectivity index (χ1) is 11.1. The highest BCUT2D eigenvalue weighted by Gasteiger charge is 2.20. The van der Waals surface area contributed by atoms with Crippen LogP contribution in [0.5, 0.6) is 5.75 Å². The van der Waals surface area contributed by atoms with Crippen LogP contribution in [-0.2, 0) is 0 Å². The van der Waals surface area contributed by atoms with Gasteiger partial charge in [0.05, 0.1) is 12.6 Å². The number of para-hydroxylation sites is 1. The van der Waals surface area contributed by atoms with Gasteiger partial charge in [-0.15, -0.1) is 0 Å². The lowest BCUT2D eigenvalue weighted by Crippen LogP contribution is -2.45. The maximum Gasteiger partial charge on any atom is 0.315 e. The number of urea groups is 1. The van der Waals surface area contributed by atoms with E-state index in [-0.39, 0.29) is 18.2 Å². The van der Waals surface area contributed by atoms with Crippen LogP contribution in [0.2, 0.25) is 0 Å². The van der Waals surface area contributed by atoms with Gasteiger partial charge in [0.2, 0.25) is 0 Å². The molecule has 1 aromatic carbocycles. The maximum absolute atomic E-state index is 11.8. The van der Waals surface area contributed by atoms with Crippen molar-refractivity contribution in [1.29, 1.82) is 0 Å². The minimum atomic E-state index is -0.203. The Labute approximate surface area is 138 Å². The third kappa shape index (κ3) is 5.75. The highest BCUT2D eigenvalue weighted by Crippen LogP contribution is 2.25. The molecule has 0 saturated heterocycles. The van der Waals surface area contributed by atoms with Gasteiger partial charge in [0, 0.05) is 6.04 Å². The highest BCUT2D eigenvalue weighted by molar-refractivity contribution is 5.74. The number of amides is 2. The molecule has 2 rings (SSSR count). The van der Waals surface area contributed by atoms with Crippen molar-refractivity contribution in [3.05, 3.63) is 29.8 Å². The molecule has 23 heavy (non-hydrogen) atoms. The number of hydrogen-bond donors (Lipinski definition) is 3. The van der Waals surface area contributed by atoms with Crippen molar-refractivity contribution < 1.29 is 14.6 Å². The molecular formula is C18H28N2O3. The smallest absolute Gasteiger partial charge is 0.315 e. The van der Waals surface area contributed by atoms with E-state index in [4.69, 9.17) is 4.74 Å². The second kappa shape index (κ2) is 8.77. The van der Waals surface area contributed by atoms with Crippen LogP contribution in [-0.4, -0.2) is 36.4 Å². The van der Waals surface area contributed by atoms with Crippen LogP contribution in [0.1, 0.15) is 51.0 Å². The molecule has 1 aliphatic carbocycles. The Morgan fingerprint density at radius 2 is 1.96 bits per heavy atom. The molecule has 3 N–H and O–H groups in total. The normalized spacial score (nSPS) is 21.0. The highest BCUT2D eigenvalue weighted by atomic mass is 16.5. The van der Waals surface area contributed by atoms with E-state index in [1.165, 1.54) is 5.56 Å². The van der Waals surface area contributed by atoms with Gasteiger partial charge in [-0.3, -0.25) is 0 Å². The van der Waals surface area contributed by atoms with Crippen molar-refractivity contribution >= 4 is 6.03 Å². The van der Waals surface area contributed by atoms with Gasteiger partial charge < -0.3 is 20.5 Å². The summed E-state index contributed by atoms with van der Waals surface area (Å²) in [5.41, 5.74) is 1.18. The number of aliphatic hydroxyl groups excluding tert-OH is 1. The topological polar surface area (TPSA) is 70.6 Å². The molecule has 2 amide bonds. The van der Waals surface area contributed by atoms with Crippen LogP contribution < -0.4 is 15.4 Å². The van der Waals surface area contributed by atoms with E-state index in [1.54, 1.807) is 0 Å². The first-order valence-electron chi connectivity index (χ1n) is 8.50. The summed E-state index contributed by atoms with van der Waals surface area (Å²) >= 11 is 0. The second-order valence-corrected chi connectivity index (χ2v) is 6.45. The molecule has 5 heteroatoms. The average Bonchev–Trinajstić information content (AvgIpc) is 2.54. The van der Waals surface area contributed by atoms with Gasteiger partial charge in [-0.1, -0.05) is 32.0 Å². The molecule has 0 aliphatic heterocycles. The number of carbonyl (C=O) groups is 1. The van der Waals surface area contributed by atoms with E-state index < -0.39 is 0 Å². The van der Waals surface area contributed by atoms with E-state index in [1.807, 2.05) is 18.2 Å². The zero-order valence-corrected chi connectivity index (χ0v) is 14.0. The first kappa shape index (κ1) is 17.6. The minimum Gasteiger partial charge on any atom is -0.491 e. The lowest BCUT2D eigenvalue weighted by Gasteiger charge is -2.26. The first-order valence-corrected chi connectivity index (χ1v) is 8.50. The molecule has 0 heterocycles. The summed E-state index contributed by atoms with van der Waals surface area (Å²) < 4.78 is 5.78. The fraction of sp³-hybridized carbons (Fsp3) is 0.611. The standard InChI is InChI=1S/C18H28N2O3/c1-13(2)16-5-3-4-6-17(16)23-12-11-19-18(22)20-14-7-9-15(21)10-8-14/h3-6,13-15,21H,7-12H2,1-2H3,(H2,19,20,22). The minimum absolute atomic E-state index is 0.160. The second-order valence-electron chi connectivity index (χ2n) is 6.45. The molecule has 1 fully saturated rings. The zero-order chi connectivity index (χ0) is 16.7. The lowest BCUT2D eigenvalue weighted by atomic mass is 9.93. The molecule has 5 nitrogen and oxygen atoms in total. The number of aliphatic hydroxyl groups is 1. The molecule has 1 aromatic rings. The Morgan fingerprint density at radius 1 is 1.26 bits per heavy atom. The van der Waals surface area contributed by atoms with E-state index in [2.05, 4.69) is 30.5 Å². The molecule has 0 spiro atoms. The average molecular weight is 320 g/mol. The van der Waals surface area contributed by atoms with Gasteiger partial charge in [0.15, 0.2) is 0 Å².